The number of benzene rings is 1. The van der Waals surface area contributed by atoms with E-state index in [1.165, 1.54) is 5.56 Å². The lowest BCUT2D eigenvalue weighted by atomic mass is 9.78. The van der Waals surface area contributed by atoms with Crippen molar-refractivity contribution in [3.8, 4) is 0 Å². The normalized spacial score (nSPS) is 33.6. The first-order chi connectivity index (χ1) is 10.3. The van der Waals surface area contributed by atoms with Gasteiger partial charge in [-0.2, -0.15) is 0 Å². The summed E-state index contributed by atoms with van der Waals surface area (Å²) in [6.45, 7) is 2.68. The van der Waals surface area contributed by atoms with Gasteiger partial charge < -0.3 is 9.47 Å². The smallest absolute Gasteiger partial charge is 0.161 e. The van der Waals surface area contributed by atoms with Gasteiger partial charge in [0.25, 0.3) is 0 Å². The van der Waals surface area contributed by atoms with Gasteiger partial charge in [0, 0.05) is 5.92 Å². The first-order valence-corrected chi connectivity index (χ1v) is 7.91. The van der Waals surface area contributed by atoms with E-state index in [9.17, 15) is 4.39 Å². The topological polar surface area (TPSA) is 18.5 Å². The van der Waals surface area contributed by atoms with Crippen LogP contribution in [0.3, 0.4) is 0 Å². The number of allylic oxidation sites excluding steroid dienone is 1. The molecule has 0 radical (unpaired) electrons. The minimum absolute atomic E-state index is 0.0413. The van der Waals surface area contributed by atoms with Gasteiger partial charge in [-0.1, -0.05) is 24.3 Å². The quantitative estimate of drug-likeness (QED) is 0.767. The number of rotatable bonds is 3. The van der Waals surface area contributed by atoms with Crippen LogP contribution in [0, 0.1) is 11.7 Å². The summed E-state index contributed by atoms with van der Waals surface area (Å²) in [6.07, 6.45) is 8.66. The first-order valence-electron chi connectivity index (χ1n) is 7.91. The van der Waals surface area contributed by atoms with E-state index in [1.807, 2.05) is 25.1 Å². The summed E-state index contributed by atoms with van der Waals surface area (Å²) in [5.41, 5.74) is 1.26. The summed E-state index contributed by atoms with van der Waals surface area (Å²) < 4.78 is 24.7. The molecule has 0 aromatic heterocycles. The van der Waals surface area contributed by atoms with Crippen molar-refractivity contribution in [2.75, 3.05) is 6.61 Å². The molecule has 1 heterocycles. The van der Waals surface area contributed by atoms with Gasteiger partial charge in [-0.15, -0.1) is 0 Å². The third-order valence-corrected chi connectivity index (χ3v) is 4.64. The van der Waals surface area contributed by atoms with Crippen molar-refractivity contribution in [1.29, 1.82) is 0 Å². The number of ether oxygens (including phenoxy) is 2. The Morgan fingerprint density at radius 1 is 1.10 bits per heavy atom. The van der Waals surface area contributed by atoms with Gasteiger partial charge >= 0.3 is 0 Å². The molecule has 1 aliphatic heterocycles. The van der Waals surface area contributed by atoms with Gasteiger partial charge in [0.2, 0.25) is 0 Å². The second-order valence-corrected chi connectivity index (χ2v) is 6.07. The van der Waals surface area contributed by atoms with Crippen molar-refractivity contribution < 1.29 is 13.9 Å². The molecule has 1 aromatic rings. The zero-order valence-electron chi connectivity index (χ0n) is 12.5. The molecule has 0 amide bonds. The van der Waals surface area contributed by atoms with Crippen LogP contribution in [0.25, 0.3) is 0 Å². The average Bonchev–Trinajstić information content (AvgIpc) is 2.97. The predicted molar refractivity (Wildman–Crippen MR) is 80.5 cm³/mol. The van der Waals surface area contributed by atoms with E-state index < -0.39 is 0 Å². The zero-order valence-corrected chi connectivity index (χ0v) is 12.5. The number of hydrogen-bond donors (Lipinski definition) is 0. The first kappa shape index (κ1) is 14.7. The van der Waals surface area contributed by atoms with Gasteiger partial charge in [-0.25, -0.2) is 4.39 Å². The molecule has 0 spiro atoms. The van der Waals surface area contributed by atoms with Crippen LogP contribution in [0.2, 0.25) is 0 Å². The highest BCUT2D eigenvalue weighted by Crippen LogP contribution is 2.39. The van der Waals surface area contributed by atoms with E-state index in [-0.39, 0.29) is 18.2 Å². The van der Waals surface area contributed by atoms with Crippen molar-refractivity contribution in [2.24, 2.45) is 5.92 Å². The van der Waals surface area contributed by atoms with Crippen LogP contribution in [0.15, 0.2) is 36.4 Å². The van der Waals surface area contributed by atoms with Crippen LogP contribution in [0.1, 0.15) is 44.1 Å². The van der Waals surface area contributed by atoms with Gasteiger partial charge in [0.1, 0.15) is 11.9 Å². The Labute approximate surface area is 126 Å². The predicted octanol–water partition coefficient (Wildman–Crippen LogP) is 4.42. The summed E-state index contributed by atoms with van der Waals surface area (Å²) in [6, 6.07) is 6.97. The maximum absolute atomic E-state index is 13.0. The number of hydrogen-bond acceptors (Lipinski definition) is 2. The maximum atomic E-state index is 13.0. The van der Waals surface area contributed by atoms with Crippen molar-refractivity contribution in [3.63, 3.8) is 0 Å². The monoisotopic (exact) mass is 290 g/mol. The molecular weight excluding hydrogens is 267 g/mol. The lowest BCUT2D eigenvalue weighted by molar-refractivity contribution is -0.100. The fourth-order valence-electron chi connectivity index (χ4n) is 3.46. The van der Waals surface area contributed by atoms with Gasteiger partial charge in [0.15, 0.2) is 6.29 Å². The average molecular weight is 290 g/mol. The number of halogens is 1. The highest BCUT2D eigenvalue weighted by Gasteiger charge is 2.34. The standard InChI is InChI=1S/C18H23FO2/c1-2-3-17-12-20-18(21-17)15-6-4-13(5-7-15)14-8-10-16(19)11-9-14/h2-3,8-11,13,15,17-18H,4-7,12H2,1H3/t13-,15-,17?,18?. The van der Waals surface area contributed by atoms with Gasteiger partial charge in [0.05, 0.1) is 6.61 Å². The Hall–Kier alpha value is -1.19. The van der Waals surface area contributed by atoms with Gasteiger partial charge in [-0.3, -0.25) is 0 Å². The second kappa shape index (κ2) is 6.71. The molecule has 0 bridgehead atoms. The van der Waals surface area contributed by atoms with Crippen LogP contribution in [0.5, 0.6) is 0 Å². The maximum Gasteiger partial charge on any atom is 0.161 e. The Morgan fingerprint density at radius 2 is 1.81 bits per heavy atom. The molecule has 2 aliphatic rings. The molecule has 2 nitrogen and oxygen atoms in total. The van der Waals surface area contributed by atoms with Gasteiger partial charge in [-0.05, 0) is 56.2 Å². The molecule has 1 aromatic carbocycles. The lowest BCUT2D eigenvalue weighted by Crippen LogP contribution is -2.26. The molecule has 1 saturated heterocycles. The fraction of sp³-hybridized carbons (Fsp3) is 0.556. The summed E-state index contributed by atoms with van der Waals surface area (Å²) in [5.74, 6) is 0.891. The van der Waals surface area contributed by atoms with Crippen molar-refractivity contribution >= 4 is 0 Å². The van der Waals surface area contributed by atoms with E-state index in [2.05, 4.69) is 6.08 Å². The van der Waals surface area contributed by atoms with Crippen molar-refractivity contribution in [2.45, 2.75) is 50.9 Å². The third-order valence-electron chi connectivity index (χ3n) is 4.64. The Bertz CT molecular complexity index is 474. The molecule has 2 atom stereocenters. The van der Waals surface area contributed by atoms with E-state index in [0.717, 1.165) is 25.7 Å². The third kappa shape index (κ3) is 3.53. The minimum atomic E-state index is -0.157. The van der Waals surface area contributed by atoms with Crippen LogP contribution in [-0.2, 0) is 9.47 Å². The van der Waals surface area contributed by atoms with Crippen molar-refractivity contribution in [1.82, 2.24) is 0 Å². The molecule has 3 rings (SSSR count). The molecule has 21 heavy (non-hydrogen) atoms. The molecule has 0 N–H and O–H groups in total. The Balaban J connectivity index is 1.52. The molecule has 1 aliphatic carbocycles. The van der Waals surface area contributed by atoms with E-state index in [4.69, 9.17) is 9.47 Å². The molecule has 2 fully saturated rings. The Morgan fingerprint density at radius 3 is 2.48 bits per heavy atom. The highest BCUT2D eigenvalue weighted by molar-refractivity contribution is 5.20. The molecule has 2 unspecified atom stereocenters. The fourth-order valence-corrected chi connectivity index (χ4v) is 3.46. The largest absolute Gasteiger partial charge is 0.349 e. The molecule has 114 valence electrons. The van der Waals surface area contributed by atoms with Crippen molar-refractivity contribution in [3.05, 3.63) is 47.8 Å². The molecule has 3 heteroatoms. The Kier molecular flexibility index (Phi) is 4.71. The van der Waals surface area contributed by atoms with E-state index >= 15 is 0 Å². The summed E-state index contributed by atoms with van der Waals surface area (Å²) >= 11 is 0. The zero-order chi connectivity index (χ0) is 14.7. The summed E-state index contributed by atoms with van der Waals surface area (Å²) in [7, 11) is 0. The lowest BCUT2D eigenvalue weighted by Gasteiger charge is -2.31. The molecule has 1 saturated carbocycles. The van der Waals surface area contributed by atoms with Crippen LogP contribution < -0.4 is 0 Å². The summed E-state index contributed by atoms with van der Waals surface area (Å²) in [4.78, 5) is 0. The van der Waals surface area contributed by atoms with Crippen LogP contribution >= 0.6 is 0 Å². The van der Waals surface area contributed by atoms with E-state index in [1.54, 1.807) is 12.1 Å². The highest BCUT2D eigenvalue weighted by atomic mass is 19.1. The van der Waals surface area contributed by atoms with Crippen LogP contribution in [-0.4, -0.2) is 19.0 Å². The second-order valence-electron chi connectivity index (χ2n) is 6.07. The SMILES string of the molecule is CC=CC1COC([C@H]2CC[C@H](c3ccc(F)cc3)CC2)O1. The van der Waals surface area contributed by atoms with Crippen LogP contribution in [0.4, 0.5) is 4.39 Å². The summed E-state index contributed by atoms with van der Waals surface area (Å²) in [5, 5.41) is 0. The minimum Gasteiger partial charge on any atom is -0.349 e. The van der Waals surface area contributed by atoms with E-state index in [0.29, 0.717) is 18.4 Å². The molecular formula is C18H23FO2.